The molecule has 0 spiro atoms. The fourth-order valence-corrected chi connectivity index (χ4v) is 3.24. The van der Waals surface area contributed by atoms with E-state index in [0.29, 0.717) is 0 Å². The highest BCUT2D eigenvalue weighted by Crippen LogP contribution is 2.28. The van der Waals surface area contributed by atoms with Crippen LogP contribution in [-0.4, -0.2) is 4.57 Å². The Labute approximate surface area is 133 Å². The third-order valence-electron chi connectivity index (χ3n) is 4.64. The van der Waals surface area contributed by atoms with Gasteiger partial charge in [0.15, 0.2) is 11.0 Å². The smallest absolute Gasteiger partial charge is 0.233 e. The molecule has 0 N–H and O–H groups in total. The second kappa shape index (κ2) is 5.96. The van der Waals surface area contributed by atoms with Crippen molar-refractivity contribution >= 4 is 11.0 Å². The predicted octanol–water partition coefficient (Wildman–Crippen LogP) is 4.22. The standard InChI is InChI=1S/C20H25N2/c1-20(2,17-10-5-4-6-11-17)14-9-15-22-16-21(3)18-12-7-8-13-19(18)22/h4-8,10-13,16H,9,14-15H2,1-3H3/q+1. The highest BCUT2D eigenvalue weighted by molar-refractivity contribution is 5.71. The lowest BCUT2D eigenvalue weighted by Gasteiger charge is -2.24. The highest BCUT2D eigenvalue weighted by atomic mass is 15.1. The van der Waals surface area contributed by atoms with E-state index in [4.69, 9.17) is 0 Å². The molecule has 0 saturated carbocycles. The van der Waals surface area contributed by atoms with E-state index in [1.54, 1.807) is 0 Å². The summed E-state index contributed by atoms with van der Waals surface area (Å²) in [6, 6.07) is 19.4. The van der Waals surface area contributed by atoms with E-state index in [9.17, 15) is 0 Å². The minimum atomic E-state index is 0.229. The fraction of sp³-hybridized carbons (Fsp3) is 0.350. The Morgan fingerprint density at radius 3 is 2.41 bits per heavy atom. The van der Waals surface area contributed by atoms with Crippen LogP contribution in [-0.2, 0) is 19.0 Å². The summed E-state index contributed by atoms with van der Waals surface area (Å²) in [5, 5.41) is 0. The average Bonchev–Trinajstić information content (AvgIpc) is 2.85. The Morgan fingerprint density at radius 1 is 0.955 bits per heavy atom. The third kappa shape index (κ3) is 2.92. The lowest BCUT2D eigenvalue weighted by Crippen LogP contribution is -2.25. The van der Waals surface area contributed by atoms with E-state index in [-0.39, 0.29) is 5.41 Å². The van der Waals surface area contributed by atoms with Crippen LogP contribution in [0.4, 0.5) is 0 Å². The zero-order valence-electron chi connectivity index (χ0n) is 13.8. The quantitative estimate of drug-likeness (QED) is 0.623. The number of hydrogen-bond donors (Lipinski definition) is 0. The van der Waals surface area contributed by atoms with Gasteiger partial charge in [-0.2, -0.15) is 0 Å². The first-order chi connectivity index (χ1) is 10.6. The van der Waals surface area contributed by atoms with Gasteiger partial charge in [0.2, 0.25) is 6.33 Å². The molecular formula is C20H25N2+. The monoisotopic (exact) mass is 293 g/mol. The van der Waals surface area contributed by atoms with Crippen molar-refractivity contribution in [1.82, 2.24) is 4.57 Å². The van der Waals surface area contributed by atoms with Crippen LogP contribution in [0.25, 0.3) is 11.0 Å². The van der Waals surface area contributed by atoms with Crippen molar-refractivity contribution < 1.29 is 4.57 Å². The molecule has 0 aliphatic heterocycles. The van der Waals surface area contributed by atoms with Crippen LogP contribution < -0.4 is 4.57 Å². The van der Waals surface area contributed by atoms with Crippen LogP contribution in [0.3, 0.4) is 0 Å². The van der Waals surface area contributed by atoms with Gasteiger partial charge in [0.05, 0.1) is 13.6 Å². The van der Waals surface area contributed by atoms with Gasteiger partial charge in [0, 0.05) is 0 Å². The van der Waals surface area contributed by atoms with Crippen molar-refractivity contribution in [2.24, 2.45) is 7.05 Å². The lowest BCUT2D eigenvalue weighted by atomic mass is 9.80. The molecule has 22 heavy (non-hydrogen) atoms. The Balaban J connectivity index is 1.70. The second-order valence-electron chi connectivity index (χ2n) is 6.76. The molecule has 0 amide bonds. The van der Waals surface area contributed by atoms with Crippen LogP contribution in [0.5, 0.6) is 0 Å². The van der Waals surface area contributed by atoms with Crippen molar-refractivity contribution in [2.75, 3.05) is 0 Å². The molecule has 0 saturated heterocycles. The number of aromatic nitrogens is 2. The Morgan fingerprint density at radius 2 is 1.64 bits per heavy atom. The van der Waals surface area contributed by atoms with E-state index in [1.165, 1.54) is 29.4 Å². The summed E-state index contributed by atoms with van der Waals surface area (Å²) < 4.78 is 4.58. The molecule has 2 nitrogen and oxygen atoms in total. The number of para-hydroxylation sites is 2. The number of nitrogens with zero attached hydrogens (tertiary/aromatic N) is 2. The molecule has 0 unspecified atom stereocenters. The lowest BCUT2D eigenvalue weighted by molar-refractivity contribution is -0.645. The van der Waals surface area contributed by atoms with Crippen molar-refractivity contribution in [3.63, 3.8) is 0 Å². The topological polar surface area (TPSA) is 8.81 Å². The zero-order chi connectivity index (χ0) is 15.6. The summed E-state index contributed by atoms with van der Waals surface area (Å²) in [6.07, 6.45) is 4.58. The van der Waals surface area contributed by atoms with Gasteiger partial charge < -0.3 is 0 Å². The molecule has 1 heterocycles. The third-order valence-corrected chi connectivity index (χ3v) is 4.64. The summed E-state index contributed by atoms with van der Waals surface area (Å²) in [4.78, 5) is 0. The molecule has 3 aromatic rings. The highest BCUT2D eigenvalue weighted by Gasteiger charge is 2.20. The van der Waals surface area contributed by atoms with Crippen LogP contribution in [0, 0.1) is 0 Å². The van der Waals surface area contributed by atoms with Gasteiger partial charge in [0.1, 0.15) is 0 Å². The largest absolute Gasteiger partial charge is 0.244 e. The average molecular weight is 293 g/mol. The Bertz CT molecular complexity index is 754. The van der Waals surface area contributed by atoms with E-state index >= 15 is 0 Å². The number of hydrogen-bond acceptors (Lipinski definition) is 0. The molecule has 0 aliphatic carbocycles. The number of aryl methyl sites for hydroxylation is 2. The molecule has 3 rings (SSSR count). The van der Waals surface area contributed by atoms with E-state index < -0.39 is 0 Å². The summed E-state index contributed by atoms with van der Waals surface area (Å²) in [5.41, 5.74) is 4.28. The molecule has 0 bridgehead atoms. The van der Waals surface area contributed by atoms with Gasteiger partial charge in [-0.25, -0.2) is 9.13 Å². The van der Waals surface area contributed by atoms with Gasteiger partial charge in [0.25, 0.3) is 0 Å². The minimum absolute atomic E-state index is 0.229. The summed E-state index contributed by atoms with van der Waals surface area (Å²) in [6.45, 7) is 5.75. The minimum Gasteiger partial charge on any atom is -0.233 e. The maximum Gasteiger partial charge on any atom is 0.244 e. The van der Waals surface area contributed by atoms with Gasteiger partial charge in [-0.05, 0) is 36.0 Å². The van der Waals surface area contributed by atoms with E-state index in [2.05, 4.69) is 91.0 Å². The van der Waals surface area contributed by atoms with Crippen molar-refractivity contribution in [3.05, 3.63) is 66.5 Å². The number of benzene rings is 2. The normalized spacial score (nSPS) is 12.0. The maximum atomic E-state index is 2.37. The first-order valence-corrected chi connectivity index (χ1v) is 8.07. The van der Waals surface area contributed by atoms with Crippen LogP contribution in [0.2, 0.25) is 0 Å². The van der Waals surface area contributed by atoms with Crippen LogP contribution in [0.15, 0.2) is 60.9 Å². The number of fused-ring (bicyclic) bond motifs is 1. The summed E-state index contributed by atoms with van der Waals surface area (Å²) >= 11 is 0. The SMILES string of the molecule is C[n+]1cn(CCCC(C)(C)c2ccccc2)c2ccccc21. The van der Waals surface area contributed by atoms with Crippen molar-refractivity contribution in [2.45, 2.75) is 38.6 Å². The Hall–Kier alpha value is -2.09. The number of imidazole rings is 1. The van der Waals surface area contributed by atoms with Crippen molar-refractivity contribution in [3.8, 4) is 0 Å². The molecule has 0 aliphatic rings. The summed E-state index contributed by atoms with van der Waals surface area (Å²) in [7, 11) is 2.12. The van der Waals surface area contributed by atoms with Gasteiger partial charge in [-0.15, -0.1) is 0 Å². The first kappa shape index (κ1) is 14.8. The maximum absolute atomic E-state index is 2.37. The molecule has 2 heteroatoms. The fourth-order valence-electron chi connectivity index (χ4n) is 3.24. The second-order valence-corrected chi connectivity index (χ2v) is 6.76. The van der Waals surface area contributed by atoms with Gasteiger partial charge in [-0.3, -0.25) is 0 Å². The molecule has 0 fully saturated rings. The van der Waals surface area contributed by atoms with Gasteiger partial charge in [-0.1, -0.05) is 56.3 Å². The number of rotatable bonds is 5. The molecule has 2 aromatic carbocycles. The summed E-state index contributed by atoms with van der Waals surface area (Å²) in [5.74, 6) is 0. The molecule has 0 radical (unpaired) electrons. The van der Waals surface area contributed by atoms with E-state index in [1.807, 2.05) is 0 Å². The predicted molar refractivity (Wildman–Crippen MR) is 91.8 cm³/mol. The van der Waals surface area contributed by atoms with Crippen LogP contribution in [0.1, 0.15) is 32.3 Å². The van der Waals surface area contributed by atoms with Gasteiger partial charge >= 0.3 is 0 Å². The van der Waals surface area contributed by atoms with Crippen LogP contribution >= 0.6 is 0 Å². The molecule has 114 valence electrons. The zero-order valence-corrected chi connectivity index (χ0v) is 13.8. The molecular weight excluding hydrogens is 268 g/mol. The molecule has 0 atom stereocenters. The first-order valence-electron chi connectivity index (χ1n) is 8.07. The van der Waals surface area contributed by atoms with Crippen molar-refractivity contribution in [1.29, 1.82) is 0 Å². The van der Waals surface area contributed by atoms with E-state index in [0.717, 1.165) is 6.54 Å². The molecule has 1 aromatic heterocycles. The Kier molecular flexibility index (Phi) is 4.02.